The van der Waals surface area contributed by atoms with Gasteiger partial charge >= 0.3 is 0 Å². The van der Waals surface area contributed by atoms with E-state index in [4.69, 9.17) is 0 Å². The Kier molecular flexibility index (Phi) is 4.34. The van der Waals surface area contributed by atoms with E-state index < -0.39 is 0 Å². The molecular weight excluding hydrogens is 192 g/mol. The first-order chi connectivity index (χ1) is 7.22. The fourth-order valence-electron chi connectivity index (χ4n) is 1.10. The van der Waals surface area contributed by atoms with Gasteiger partial charge in [-0.3, -0.25) is 9.59 Å². The van der Waals surface area contributed by atoms with Crippen molar-refractivity contribution >= 4 is 17.5 Å². The van der Waals surface area contributed by atoms with Gasteiger partial charge < -0.3 is 10.6 Å². The minimum Gasteiger partial charge on any atom is -0.359 e. The van der Waals surface area contributed by atoms with Crippen molar-refractivity contribution in [2.45, 2.75) is 12.8 Å². The van der Waals surface area contributed by atoms with Crippen LogP contribution in [-0.2, 0) is 9.59 Å². The average molecular weight is 206 g/mol. The Labute approximate surface area is 88.7 Å². The number of carbonyl (C=O) groups is 2. The molecule has 0 heterocycles. The maximum atomic E-state index is 11.3. The highest BCUT2D eigenvalue weighted by molar-refractivity contribution is 5.93. The molecule has 0 spiro atoms. The van der Waals surface area contributed by atoms with Crippen molar-refractivity contribution in [3.8, 4) is 0 Å². The third-order valence-electron chi connectivity index (χ3n) is 1.92. The topological polar surface area (TPSA) is 58.2 Å². The van der Waals surface area contributed by atoms with Gasteiger partial charge in [0.25, 0.3) is 0 Å². The Balaban J connectivity index is 2.34. The van der Waals surface area contributed by atoms with Crippen molar-refractivity contribution in [2.24, 2.45) is 0 Å². The maximum absolute atomic E-state index is 11.3. The highest BCUT2D eigenvalue weighted by Gasteiger charge is 2.04. The number of rotatable bonds is 4. The van der Waals surface area contributed by atoms with Crippen LogP contribution in [0.3, 0.4) is 0 Å². The summed E-state index contributed by atoms with van der Waals surface area (Å²) in [5.74, 6) is -0.275. The number of nitrogens with one attached hydrogen (secondary N) is 2. The molecule has 0 aliphatic rings. The highest BCUT2D eigenvalue weighted by Crippen LogP contribution is 2.05. The Morgan fingerprint density at radius 1 is 1.07 bits per heavy atom. The molecule has 15 heavy (non-hydrogen) atoms. The largest absolute Gasteiger partial charge is 0.359 e. The Morgan fingerprint density at radius 3 is 2.27 bits per heavy atom. The molecule has 0 saturated carbocycles. The molecule has 0 unspecified atom stereocenters. The predicted molar refractivity (Wildman–Crippen MR) is 58.4 cm³/mol. The number of anilines is 1. The van der Waals surface area contributed by atoms with Crippen LogP contribution in [-0.4, -0.2) is 18.9 Å². The molecule has 0 bridgehead atoms. The number of benzene rings is 1. The molecule has 0 aromatic heterocycles. The molecule has 0 radical (unpaired) electrons. The van der Waals surface area contributed by atoms with E-state index in [1.165, 1.54) is 0 Å². The van der Waals surface area contributed by atoms with E-state index >= 15 is 0 Å². The first-order valence-electron chi connectivity index (χ1n) is 4.78. The van der Waals surface area contributed by atoms with Crippen LogP contribution < -0.4 is 10.6 Å². The molecule has 0 atom stereocenters. The number of carbonyl (C=O) groups excluding carboxylic acids is 2. The SMILES string of the molecule is CNC(=O)CCC(=O)Nc1ccccc1. The normalized spacial score (nSPS) is 9.40. The first-order valence-corrected chi connectivity index (χ1v) is 4.78. The third kappa shape index (κ3) is 4.26. The molecule has 1 aromatic rings. The summed E-state index contributed by atoms with van der Waals surface area (Å²) in [7, 11) is 1.55. The Morgan fingerprint density at radius 2 is 1.67 bits per heavy atom. The second-order valence-corrected chi connectivity index (χ2v) is 3.09. The number of hydrogen-bond donors (Lipinski definition) is 2. The molecule has 80 valence electrons. The predicted octanol–water partition coefficient (Wildman–Crippen LogP) is 1.15. The van der Waals surface area contributed by atoms with Gasteiger partial charge in [0.05, 0.1) is 0 Å². The zero-order valence-corrected chi connectivity index (χ0v) is 8.62. The van der Waals surface area contributed by atoms with Crippen LogP contribution in [0.2, 0.25) is 0 Å². The summed E-state index contributed by atoms with van der Waals surface area (Å²) in [5.41, 5.74) is 0.749. The van der Waals surface area contributed by atoms with E-state index in [9.17, 15) is 9.59 Å². The van der Waals surface area contributed by atoms with Gasteiger partial charge in [-0.15, -0.1) is 0 Å². The second kappa shape index (κ2) is 5.80. The molecule has 4 nitrogen and oxygen atoms in total. The van der Waals surface area contributed by atoms with Crippen molar-refractivity contribution < 1.29 is 9.59 Å². The summed E-state index contributed by atoms with van der Waals surface area (Å²) in [5, 5.41) is 5.17. The van der Waals surface area contributed by atoms with E-state index in [0.717, 1.165) is 5.69 Å². The quantitative estimate of drug-likeness (QED) is 0.776. The average Bonchev–Trinajstić information content (AvgIpc) is 2.27. The van der Waals surface area contributed by atoms with Gasteiger partial charge in [-0.05, 0) is 12.1 Å². The smallest absolute Gasteiger partial charge is 0.224 e. The van der Waals surface area contributed by atoms with Crippen LogP contribution in [0.5, 0.6) is 0 Å². The lowest BCUT2D eigenvalue weighted by molar-refractivity contribution is -0.124. The highest BCUT2D eigenvalue weighted by atomic mass is 16.2. The van der Waals surface area contributed by atoms with Crippen molar-refractivity contribution in [1.29, 1.82) is 0 Å². The lowest BCUT2D eigenvalue weighted by atomic mass is 10.2. The maximum Gasteiger partial charge on any atom is 0.224 e. The van der Waals surface area contributed by atoms with Gasteiger partial charge in [0.1, 0.15) is 0 Å². The molecule has 0 aliphatic heterocycles. The minimum atomic E-state index is -0.148. The van der Waals surface area contributed by atoms with E-state index in [-0.39, 0.29) is 24.7 Å². The first kappa shape index (κ1) is 11.2. The summed E-state index contributed by atoms with van der Waals surface area (Å²) in [6, 6.07) is 9.17. The molecule has 0 saturated heterocycles. The van der Waals surface area contributed by atoms with Crippen LogP contribution in [0.1, 0.15) is 12.8 Å². The molecular formula is C11H14N2O2. The third-order valence-corrected chi connectivity index (χ3v) is 1.92. The molecule has 1 aromatic carbocycles. The number of para-hydroxylation sites is 1. The van der Waals surface area contributed by atoms with E-state index in [1.807, 2.05) is 18.2 Å². The Bertz CT molecular complexity index is 336. The molecule has 2 amide bonds. The van der Waals surface area contributed by atoms with Crippen molar-refractivity contribution in [1.82, 2.24) is 5.32 Å². The van der Waals surface area contributed by atoms with Crippen LogP contribution in [0, 0.1) is 0 Å². The molecule has 0 fully saturated rings. The van der Waals surface area contributed by atoms with Crippen LogP contribution in [0.25, 0.3) is 0 Å². The van der Waals surface area contributed by atoms with Gasteiger partial charge in [0.2, 0.25) is 11.8 Å². The van der Waals surface area contributed by atoms with Crippen molar-refractivity contribution in [3.63, 3.8) is 0 Å². The van der Waals surface area contributed by atoms with Gasteiger partial charge in [-0.25, -0.2) is 0 Å². The monoisotopic (exact) mass is 206 g/mol. The number of amides is 2. The zero-order chi connectivity index (χ0) is 11.1. The Hall–Kier alpha value is -1.84. The van der Waals surface area contributed by atoms with E-state index in [1.54, 1.807) is 19.2 Å². The lowest BCUT2D eigenvalue weighted by Gasteiger charge is -2.03. The summed E-state index contributed by atoms with van der Waals surface area (Å²) in [6.45, 7) is 0. The van der Waals surface area contributed by atoms with Crippen molar-refractivity contribution in [3.05, 3.63) is 30.3 Å². The van der Waals surface area contributed by atoms with Crippen molar-refractivity contribution in [2.75, 3.05) is 12.4 Å². The minimum absolute atomic E-state index is 0.127. The lowest BCUT2D eigenvalue weighted by Crippen LogP contribution is -2.20. The summed E-state index contributed by atoms with van der Waals surface area (Å²) in [4.78, 5) is 22.2. The number of hydrogen-bond acceptors (Lipinski definition) is 2. The summed E-state index contributed by atoms with van der Waals surface area (Å²) >= 11 is 0. The fourth-order valence-corrected chi connectivity index (χ4v) is 1.10. The van der Waals surface area contributed by atoms with Crippen LogP contribution in [0.15, 0.2) is 30.3 Å². The van der Waals surface area contributed by atoms with Crippen LogP contribution in [0.4, 0.5) is 5.69 Å². The molecule has 0 aliphatic carbocycles. The summed E-state index contributed by atoms with van der Waals surface area (Å²) < 4.78 is 0. The standard InChI is InChI=1S/C11H14N2O2/c1-12-10(14)7-8-11(15)13-9-5-3-2-4-6-9/h2-6H,7-8H2,1H3,(H,12,14)(H,13,15). The summed E-state index contributed by atoms with van der Waals surface area (Å²) in [6.07, 6.45) is 0.420. The van der Waals surface area contributed by atoms with Crippen LogP contribution >= 0.6 is 0 Å². The fraction of sp³-hybridized carbons (Fsp3) is 0.273. The van der Waals surface area contributed by atoms with Gasteiger partial charge in [-0.1, -0.05) is 18.2 Å². The van der Waals surface area contributed by atoms with E-state index in [0.29, 0.717) is 0 Å². The molecule has 1 rings (SSSR count). The van der Waals surface area contributed by atoms with Gasteiger partial charge in [-0.2, -0.15) is 0 Å². The molecule has 4 heteroatoms. The van der Waals surface area contributed by atoms with E-state index in [2.05, 4.69) is 10.6 Å². The van der Waals surface area contributed by atoms with Gasteiger partial charge in [0, 0.05) is 25.6 Å². The molecule has 2 N–H and O–H groups in total. The second-order valence-electron chi connectivity index (χ2n) is 3.09. The zero-order valence-electron chi connectivity index (χ0n) is 8.62. The van der Waals surface area contributed by atoms with Gasteiger partial charge in [0.15, 0.2) is 0 Å².